The van der Waals surface area contributed by atoms with Crippen LogP contribution in [0, 0.1) is 6.92 Å². The molecule has 0 bridgehead atoms. The van der Waals surface area contributed by atoms with E-state index < -0.39 is 13.3 Å². The van der Waals surface area contributed by atoms with Gasteiger partial charge in [-0.05, 0) is 39.8 Å². The van der Waals surface area contributed by atoms with E-state index in [0.717, 1.165) is 5.56 Å². The molecule has 1 amide bonds. The van der Waals surface area contributed by atoms with Crippen LogP contribution in [0.5, 0.6) is 0 Å². The Morgan fingerprint density at radius 2 is 1.70 bits per heavy atom. The predicted octanol–water partition coefficient (Wildman–Crippen LogP) is 3.59. The van der Waals surface area contributed by atoms with Gasteiger partial charge in [-0.3, -0.25) is 9.36 Å². The second-order valence-electron chi connectivity index (χ2n) is 4.41. The molecule has 0 heterocycles. The summed E-state index contributed by atoms with van der Waals surface area (Å²) < 4.78 is 22.9. The number of hydrogen-bond donors (Lipinski definition) is 1. The average Bonchev–Trinajstić information content (AvgIpc) is 2.41. The van der Waals surface area contributed by atoms with Gasteiger partial charge >= 0.3 is 7.60 Å². The van der Waals surface area contributed by atoms with Crippen LogP contribution in [0.25, 0.3) is 0 Å². The molecule has 0 saturated heterocycles. The van der Waals surface area contributed by atoms with E-state index in [1.807, 2.05) is 19.1 Å². The van der Waals surface area contributed by atoms with Crippen LogP contribution in [0.15, 0.2) is 24.3 Å². The average molecular weight is 299 g/mol. The maximum absolute atomic E-state index is 12.5. The Morgan fingerprint density at radius 3 is 2.15 bits per heavy atom. The summed E-state index contributed by atoms with van der Waals surface area (Å²) in [6, 6.07) is 7.38. The molecule has 0 aliphatic heterocycles. The molecule has 1 aromatic carbocycles. The van der Waals surface area contributed by atoms with Crippen LogP contribution in [0.3, 0.4) is 0 Å². The van der Waals surface area contributed by atoms with Gasteiger partial charge in [-0.15, -0.1) is 0 Å². The molecule has 1 atom stereocenters. The predicted molar refractivity (Wildman–Crippen MR) is 80.1 cm³/mol. The second kappa shape index (κ2) is 7.58. The number of aryl methyl sites for hydroxylation is 1. The molecule has 1 unspecified atom stereocenters. The van der Waals surface area contributed by atoms with Crippen molar-refractivity contribution >= 4 is 19.2 Å². The SMILES string of the molecule is CCOP(=O)(OCC)C(C)C(=O)Nc1ccc(C)cc1. The molecule has 0 aliphatic rings. The lowest BCUT2D eigenvalue weighted by Crippen LogP contribution is -2.27. The molecule has 1 rings (SSSR count). The van der Waals surface area contributed by atoms with E-state index in [2.05, 4.69) is 5.32 Å². The van der Waals surface area contributed by atoms with Gasteiger partial charge < -0.3 is 14.4 Å². The van der Waals surface area contributed by atoms with Crippen molar-refractivity contribution in [3.05, 3.63) is 29.8 Å². The largest absolute Gasteiger partial charge is 0.342 e. The van der Waals surface area contributed by atoms with Crippen LogP contribution in [-0.4, -0.2) is 24.8 Å². The van der Waals surface area contributed by atoms with E-state index in [9.17, 15) is 9.36 Å². The molecule has 20 heavy (non-hydrogen) atoms. The molecule has 5 nitrogen and oxygen atoms in total. The van der Waals surface area contributed by atoms with Crippen LogP contribution in [-0.2, 0) is 18.4 Å². The van der Waals surface area contributed by atoms with Crippen molar-refractivity contribution in [3.8, 4) is 0 Å². The molecule has 1 N–H and O–H groups in total. The highest BCUT2D eigenvalue weighted by Gasteiger charge is 2.37. The molecular weight excluding hydrogens is 277 g/mol. The lowest BCUT2D eigenvalue weighted by molar-refractivity contribution is -0.116. The topological polar surface area (TPSA) is 64.6 Å². The Balaban J connectivity index is 2.78. The fourth-order valence-corrected chi connectivity index (χ4v) is 3.24. The Kier molecular flexibility index (Phi) is 6.40. The smallest absolute Gasteiger partial charge is 0.325 e. The number of amides is 1. The fraction of sp³-hybridized carbons (Fsp3) is 0.500. The summed E-state index contributed by atoms with van der Waals surface area (Å²) >= 11 is 0. The first-order valence-corrected chi connectivity index (χ1v) is 8.30. The van der Waals surface area contributed by atoms with Crippen LogP contribution in [0.1, 0.15) is 26.3 Å². The summed E-state index contributed by atoms with van der Waals surface area (Å²) in [5.74, 6) is -0.376. The van der Waals surface area contributed by atoms with E-state index in [4.69, 9.17) is 9.05 Å². The summed E-state index contributed by atoms with van der Waals surface area (Å²) in [4.78, 5) is 12.2. The minimum atomic E-state index is -3.43. The number of benzene rings is 1. The first-order chi connectivity index (χ1) is 9.42. The zero-order chi connectivity index (χ0) is 15.2. The van der Waals surface area contributed by atoms with Gasteiger partial charge in [0.25, 0.3) is 0 Å². The van der Waals surface area contributed by atoms with Crippen molar-refractivity contribution in [1.29, 1.82) is 0 Å². The number of nitrogens with one attached hydrogen (secondary N) is 1. The highest BCUT2D eigenvalue weighted by Crippen LogP contribution is 2.53. The van der Waals surface area contributed by atoms with Gasteiger partial charge in [-0.1, -0.05) is 17.7 Å². The highest BCUT2D eigenvalue weighted by molar-refractivity contribution is 7.55. The summed E-state index contributed by atoms with van der Waals surface area (Å²) in [6.07, 6.45) is 0. The number of rotatable bonds is 7. The van der Waals surface area contributed by atoms with Gasteiger partial charge in [0.15, 0.2) is 0 Å². The van der Waals surface area contributed by atoms with E-state index in [-0.39, 0.29) is 19.1 Å². The molecule has 112 valence electrons. The quantitative estimate of drug-likeness (QED) is 0.781. The van der Waals surface area contributed by atoms with Gasteiger partial charge in [0, 0.05) is 5.69 Å². The maximum atomic E-state index is 12.5. The first-order valence-electron chi connectivity index (χ1n) is 6.69. The third-order valence-electron chi connectivity index (χ3n) is 2.79. The van der Waals surface area contributed by atoms with Crippen LogP contribution in [0.2, 0.25) is 0 Å². The molecule has 0 aromatic heterocycles. The molecule has 0 fully saturated rings. The van der Waals surface area contributed by atoms with E-state index in [1.54, 1.807) is 32.9 Å². The van der Waals surface area contributed by atoms with Gasteiger partial charge in [0.1, 0.15) is 5.66 Å². The summed E-state index contributed by atoms with van der Waals surface area (Å²) in [5, 5.41) is 2.72. The van der Waals surface area contributed by atoms with Crippen molar-refractivity contribution in [2.24, 2.45) is 0 Å². The van der Waals surface area contributed by atoms with E-state index in [1.165, 1.54) is 0 Å². The van der Waals surface area contributed by atoms with Crippen molar-refractivity contribution in [1.82, 2.24) is 0 Å². The minimum absolute atomic E-state index is 0.236. The van der Waals surface area contributed by atoms with Crippen molar-refractivity contribution in [3.63, 3.8) is 0 Å². The Hall–Kier alpha value is -1.16. The monoisotopic (exact) mass is 299 g/mol. The second-order valence-corrected chi connectivity index (χ2v) is 6.78. The zero-order valence-electron chi connectivity index (χ0n) is 12.4. The van der Waals surface area contributed by atoms with Crippen LogP contribution < -0.4 is 5.32 Å². The molecule has 0 radical (unpaired) electrons. The Bertz CT molecular complexity index is 476. The lowest BCUT2D eigenvalue weighted by atomic mass is 10.2. The van der Waals surface area contributed by atoms with Crippen molar-refractivity contribution in [2.45, 2.75) is 33.4 Å². The summed E-state index contributed by atoms with van der Waals surface area (Å²) in [7, 11) is -3.43. The van der Waals surface area contributed by atoms with Crippen molar-refractivity contribution < 1.29 is 18.4 Å². The third-order valence-corrected chi connectivity index (χ3v) is 5.21. The minimum Gasteiger partial charge on any atom is -0.325 e. The van der Waals surface area contributed by atoms with E-state index >= 15 is 0 Å². The number of hydrogen-bond acceptors (Lipinski definition) is 4. The third kappa shape index (κ3) is 4.44. The zero-order valence-corrected chi connectivity index (χ0v) is 13.3. The first kappa shape index (κ1) is 16.9. The standard InChI is InChI=1S/C14H22NO4P/c1-5-18-20(17,19-6-2)12(4)14(16)15-13-9-7-11(3)8-10-13/h7-10,12H,5-6H2,1-4H3,(H,15,16). The molecule has 0 saturated carbocycles. The Labute approximate surface area is 120 Å². The van der Waals surface area contributed by atoms with Gasteiger partial charge in [0.05, 0.1) is 13.2 Å². The summed E-state index contributed by atoms with van der Waals surface area (Å²) in [5.41, 5.74) is 0.904. The van der Waals surface area contributed by atoms with Gasteiger partial charge in [-0.25, -0.2) is 0 Å². The number of carbonyl (C=O) groups is 1. The van der Waals surface area contributed by atoms with Crippen molar-refractivity contribution in [2.75, 3.05) is 18.5 Å². The van der Waals surface area contributed by atoms with Crippen LogP contribution >= 0.6 is 7.60 Å². The molecule has 0 spiro atoms. The van der Waals surface area contributed by atoms with Crippen LogP contribution in [0.4, 0.5) is 5.69 Å². The fourth-order valence-electron chi connectivity index (χ4n) is 1.65. The highest BCUT2D eigenvalue weighted by atomic mass is 31.2. The number of anilines is 1. The molecule has 6 heteroatoms. The van der Waals surface area contributed by atoms with Gasteiger partial charge in [0.2, 0.25) is 5.91 Å². The molecule has 1 aromatic rings. The lowest BCUT2D eigenvalue weighted by Gasteiger charge is -2.22. The molecule has 0 aliphatic carbocycles. The van der Waals surface area contributed by atoms with E-state index in [0.29, 0.717) is 5.69 Å². The number of carbonyl (C=O) groups excluding carboxylic acids is 1. The molecular formula is C14H22NO4P. The Morgan fingerprint density at radius 1 is 1.20 bits per heavy atom. The van der Waals surface area contributed by atoms with Gasteiger partial charge in [-0.2, -0.15) is 0 Å². The maximum Gasteiger partial charge on any atom is 0.342 e. The normalized spacial score (nSPS) is 13.0. The summed E-state index contributed by atoms with van der Waals surface area (Å²) in [6.45, 7) is 7.42.